The maximum absolute atomic E-state index is 11.4. The van der Waals surface area contributed by atoms with Crippen LogP contribution < -0.4 is 0 Å². The number of ketones is 1. The van der Waals surface area contributed by atoms with Crippen molar-refractivity contribution in [2.75, 3.05) is 14.1 Å². The van der Waals surface area contributed by atoms with Crippen LogP contribution in [0.15, 0.2) is 66.5 Å². The average molecular weight is 442 g/mol. The number of hydrogen-bond acceptors (Lipinski definition) is 6. The summed E-state index contributed by atoms with van der Waals surface area (Å²) >= 11 is 0. The second-order valence-corrected chi connectivity index (χ2v) is 8.44. The number of carbonyl (C=O) groups excluding carboxylic acids is 1. The third-order valence-electron chi connectivity index (χ3n) is 5.25. The molecule has 33 heavy (non-hydrogen) atoms. The van der Waals surface area contributed by atoms with Crippen LogP contribution in [0.3, 0.4) is 0 Å². The first-order valence-electron chi connectivity index (χ1n) is 11.1. The van der Waals surface area contributed by atoms with E-state index in [9.17, 15) is 4.79 Å². The molecule has 1 unspecified atom stereocenters. The second-order valence-electron chi connectivity index (χ2n) is 8.44. The van der Waals surface area contributed by atoms with Crippen LogP contribution in [0, 0.1) is 5.41 Å². The molecule has 0 amide bonds. The number of benzene rings is 1. The molecule has 1 aromatic heterocycles. The summed E-state index contributed by atoms with van der Waals surface area (Å²) in [5.74, 6) is 0.680. The second kappa shape index (κ2) is 10.8. The topological polar surface area (TPSA) is 82.3 Å². The van der Waals surface area contributed by atoms with E-state index in [0.29, 0.717) is 36.5 Å². The summed E-state index contributed by atoms with van der Waals surface area (Å²) in [4.78, 5) is 27.4. The van der Waals surface area contributed by atoms with Crippen LogP contribution in [0.25, 0.3) is 17.0 Å². The van der Waals surface area contributed by atoms with Gasteiger partial charge in [0.2, 0.25) is 0 Å². The highest BCUT2D eigenvalue weighted by atomic mass is 16.1. The molecule has 0 saturated carbocycles. The van der Waals surface area contributed by atoms with Gasteiger partial charge >= 0.3 is 0 Å². The van der Waals surface area contributed by atoms with Crippen molar-refractivity contribution in [3.05, 3.63) is 78.3 Å². The third-order valence-corrected chi connectivity index (χ3v) is 5.25. The number of nitrogens with zero attached hydrogens (tertiary/aromatic N) is 4. The molecule has 6 heteroatoms. The van der Waals surface area contributed by atoms with Crippen LogP contribution in [-0.2, 0) is 4.79 Å². The van der Waals surface area contributed by atoms with Crippen molar-refractivity contribution < 1.29 is 4.79 Å². The summed E-state index contributed by atoms with van der Waals surface area (Å²) in [6, 6.07) is 8.09. The molecule has 0 fully saturated rings. The summed E-state index contributed by atoms with van der Waals surface area (Å²) in [6.07, 6.45) is 11.1. The average Bonchev–Trinajstić information content (AvgIpc) is 3.22. The molecule has 0 saturated heterocycles. The van der Waals surface area contributed by atoms with Gasteiger partial charge in [-0.05, 0) is 50.0 Å². The van der Waals surface area contributed by atoms with Crippen LogP contribution in [0.1, 0.15) is 49.9 Å². The predicted molar refractivity (Wildman–Crippen MR) is 136 cm³/mol. The van der Waals surface area contributed by atoms with Crippen LogP contribution in [-0.4, -0.2) is 52.2 Å². The Morgan fingerprint density at radius 3 is 2.70 bits per heavy atom. The molecule has 6 nitrogen and oxygen atoms in total. The predicted octanol–water partition coefficient (Wildman–Crippen LogP) is 5.11. The van der Waals surface area contributed by atoms with Gasteiger partial charge in [-0.2, -0.15) is 0 Å². The fourth-order valence-corrected chi connectivity index (χ4v) is 3.63. The lowest BCUT2D eigenvalue weighted by Gasteiger charge is -2.13. The highest BCUT2D eigenvalue weighted by Gasteiger charge is 2.19. The number of hydrogen-bond donors (Lipinski definition) is 1. The molecular weight excluding hydrogens is 410 g/mol. The molecule has 0 spiro atoms. The van der Waals surface area contributed by atoms with E-state index < -0.39 is 0 Å². The van der Waals surface area contributed by atoms with E-state index in [1.54, 1.807) is 13.1 Å². The van der Waals surface area contributed by atoms with Crippen molar-refractivity contribution >= 4 is 22.8 Å². The van der Waals surface area contributed by atoms with Crippen molar-refractivity contribution in [2.24, 2.45) is 4.99 Å². The number of rotatable bonds is 10. The number of allylic oxidation sites excluding steroid dienone is 3. The molecule has 0 radical (unpaired) electrons. The Balaban J connectivity index is 2.02. The van der Waals surface area contributed by atoms with E-state index >= 15 is 0 Å². The number of Topliss-reactive ketones (excluding diaryl/α,β-unsaturated/α-hetero) is 1. The quantitative estimate of drug-likeness (QED) is 0.410. The summed E-state index contributed by atoms with van der Waals surface area (Å²) in [6.45, 7) is 7.53. The summed E-state index contributed by atoms with van der Waals surface area (Å²) < 4.78 is 0. The zero-order valence-corrected chi connectivity index (χ0v) is 19.8. The summed E-state index contributed by atoms with van der Waals surface area (Å²) in [7, 11) is 3.94. The van der Waals surface area contributed by atoms with E-state index in [1.807, 2.05) is 74.6 Å². The largest absolute Gasteiger partial charge is 0.383 e. The Morgan fingerprint density at radius 1 is 1.27 bits per heavy atom. The van der Waals surface area contributed by atoms with Crippen LogP contribution in [0.2, 0.25) is 0 Å². The zero-order valence-electron chi connectivity index (χ0n) is 19.8. The number of nitrogens with one attached hydrogen (secondary N) is 1. The Labute approximate surface area is 196 Å². The van der Waals surface area contributed by atoms with Crippen molar-refractivity contribution in [2.45, 2.75) is 39.2 Å². The molecule has 1 atom stereocenters. The minimum atomic E-state index is 0.0944. The van der Waals surface area contributed by atoms with Crippen molar-refractivity contribution in [1.29, 1.82) is 5.41 Å². The van der Waals surface area contributed by atoms with Gasteiger partial charge in [-0.1, -0.05) is 36.9 Å². The smallest absolute Gasteiger partial charge is 0.159 e. The molecule has 0 bridgehead atoms. The Bertz CT molecular complexity index is 1160. The van der Waals surface area contributed by atoms with Crippen molar-refractivity contribution in [3.63, 3.8) is 0 Å². The highest BCUT2D eigenvalue weighted by molar-refractivity contribution is 6.16. The SMILES string of the molecule is C=C/C(=C\N(C)C)c1cccc(-c2ncc(C3=NC(C)C=C3)c(C(=N)CCCC(C)=O)n2)c1. The van der Waals surface area contributed by atoms with E-state index in [0.717, 1.165) is 28.0 Å². The Kier molecular flexibility index (Phi) is 7.83. The van der Waals surface area contributed by atoms with Gasteiger partial charge in [0.25, 0.3) is 0 Å². The van der Waals surface area contributed by atoms with Gasteiger partial charge in [0, 0.05) is 44.0 Å². The van der Waals surface area contributed by atoms with Gasteiger partial charge in [0.05, 0.1) is 23.2 Å². The van der Waals surface area contributed by atoms with E-state index in [2.05, 4.69) is 16.6 Å². The van der Waals surface area contributed by atoms with E-state index in [4.69, 9.17) is 10.4 Å². The summed E-state index contributed by atoms with van der Waals surface area (Å²) in [5, 5.41) is 8.70. The molecule has 1 N–H and O–H groups in total. The minimum absolute atomic E-state index is 0.0944. The molecule has 2 heterocycles. The van der Waals surface area contributed by atoms with Crippen LogP contribution >= 0.6 is 0 Å². The van der Waals surface area contributed by atoms with Crippen molar-refractivity contribution in [3.8, 4) is 11.4 Å². The first-order chi connectivity index (χ1) is 15.8. The van der Waals surface area contributed by atoms with E-state index in [1.165, 1.54) is 0 Å². The molecule has 1 aliphatic heterocycles. The fourth-order valence-electron chi connectivity index (χ4n) is 3.63. The standard InChI is InChI=1S/C27H31N5O/c1-6-20(17-32(4)5)21-10-8-11-22(15-21)27-29-16-23(25-14-13-18(2)30-25)26(31-27)24(28)12-7-9-19(3)33/h6,8,10-11,13-18,28H,1,7,9,12H2,2-5H3/b20-17+,28-24?. The normalized spacial score (nSPS) is 15.3. The maximum Gasteiger partial charge on any atom is 0.159 e. The van der Waals surface area contributed by atoms with Gasteiger partial charge in [-0.15, -0.1) is 0 Å². The summed E-state index contributed by atoms with van der Waals surface area (Å²) in [5.41, 5.74) is 5.37. The Morgan fingerprint density at radius 2 is 2.06 bits per heavy atom. The van der Waals surface area contributed by atoms with Crippen LogP contribution in [0.5, 0.6) is 0 Å². The minimum Gasteiger partial charge on any atom is -0.383 e. The molecular formula is C27H31N5O. The number of carbonyl (C=O) groups is 1. The molecule has 3 rings (SSSR count). The first-order valence-corrected chi connectivity index (χ1v) is 11.1. The van der Waals surface area contributed by atoms with Gasteiger partial charge in [-0.25, -0.2) is 9.97 Å². The van der Waals surface area contributed by atoms with Gasteiger partial charge in [-0.3, -0.25) is 4.99 Å². The monoisotopic (exact) mass is 441 g/mol. The number of aromatic nitrogens is 2. The molecule has 1 aliphatic rings. The number of aliphatic imine (C=N–C) groups is 1. The van der Waals surface area contributed by atoms with Gasteiger partial charge in [0.15, 0.2) is 5.82 Å². The Hall–Kier alpha value is -3.67. The third kappa shape index (κ3) is 6.19. The maximum atomic E-state index is 11.4. The van der Waals surface area contributed by atoms with Crippen molar-refractivity contribution in [1.82, 2.24) is 14.9 Å². The lowest BCUT2D eigenvalue weighted by Crippen LogP contribution is -2.13. The lowest BCUT2D eigenvalue weighted by molar-refractivity contribution is -0.117. The van der Waals surface area contributed by atoms with Gasteiger partial charge < -0.3 is 15.1 Å². The molecule has 1 aromatic carbocycles. The highest BCUT2D eigenvalue weighted by Crippen LogP contribution is 2.24. The molecule has 0 aliphatic carbocycles. The van der Waals surface area contributed by atoms with E-state index in [-0.39, 0.29) is 11.8 Å². The lowest BCUT2D eigenvalue weighted by atomic mass is 10.0. The molecule has 170 valence electrons. The fraction of sp³-hybridized carbons (Fsp3) is 0.296. The van der Waals surface area contributed by atoms with Crippen LogP contribution in [0.4, 0.5) is 0 Å². The van der Waals surface area contributed by atoms with Gasteiger partial charge in [0.1, 0.15) is 5.78 Å². The first kappa shape index (κ1) is 24.0. The zero-order chi connectivity index (χ0) is 24.0. The molecule has 2 aromatic rings.